The highest BCUT2D eigenvalue weighted by atomic mass is 35.5. The molecule has 4 heteroatoms. The van der Waals surface area contributed by atoms with Crippen molar-refractivity contribution in [3.05, 3.63) is 28.1 Å². The van der Waals surface area contributed by atoms with Crippen LogP contribution in [0.4, 0.5) is 0 Å². The van der Waals surface area contributed by atoms with Crippen molar-refractivity contribution in [2.45, 2.75) is 11.5 Å². The minimum Gasteiger partial charge on any atom is -0.392 e. The summed E-state index contributed by atoms with van der Waals surface area (Å²) < 4.78 is 1.14. The maximum atomic E-state index is 9.12. The average molecular weight is 245 g/mol. The van der Waals surface area contributed by atoms with Gasteiger partial charge >= 0.3 is 0 Å². The van der Waals surface area contributed by atoms with E-state index in [2.05, 4.69) is 6.07 Å². The van der Waals surface area contributed by atoms with Gasteiger partial charge in [-0.3, -0.25) is 0 Å². The number of aliphatic hydroxyl groups is 1. The number of hydrogen-bond acceptors (Lipinski definition) is 3. The predicted molar refractivity (Wildman–Crippen MR) is 64.5 cm³/mol. The van der Waals surface area contributed by atoms with Gasteiger partial charge in [-0.15, -0.1) is 23.1 Å². The molecule has 0 aliphatic carbocycles. The van der Waals surface area contributed by atoms with Crippen LogP contribution in [0.3, 0.4) is 0 Å². The number of thiophene rings is 1. The molecule has 0 bridgehead atoms. The van der Waals surface area contributed by atoms with E-state index in [1.165, 1.54) is 0 Å². The summed E-state index contributed by atoms with van der Waals surface area (Å²) in [7, 11) is 0. The lowest BCUT2D eigenvalue weighted by Gasteiger charge is -2.01. The smallest absolute Gasteiger partial charge is 0.0696 e. The Morgan fingerprint density at radius 3 is 2.93 bits per heavy atom. The fourth-order valence-corrected chi connectivity index (χ4v) is 3.41. The molecule has 2 rings (SSSR count). The highest BCUT2D eigenvalue weighted by Crippen LogP contribution is 2.35. The van der Waals surface area contributed by atoms with Gasteiger partial charge in [-0.25, -0.2) is 0 Å². The van der Waals surface area contributed by atoms with Crippen molar-refractivity contribution in [3.63, 3.8) is 0 Å². The summed E-state index contributed by atoms with van der Waals surface area (Å²) >= 11 is 9.45. The van der Waals surface area contributed by atoms with Gasteiger partial charge in [-0.05, 0) is 29.3 Å². The molecule has 0 unspecified atom stereocenters. The third-order valence-electron chi connectivity index (χ3n) is 2.08. The summed E-state index contributed by atoms with van der Waals surface area (Å²) in [6.07, 6.45) is 2.03. The van der Waals surface area contributed by atoms with Gasteiger partial charge < -0.3 is 5.11 Å². The minimum absolute atomic E-state index is 0.0539. The molecule has 74 valence electrons. The third-order valence-corrected chi connectivity index (χ3v) is 4.07. The van der Waals surface area contributed by atoms with E-state index < -0.39 is 0 Å². The van der Waals surface area contributed by atoms with E-state index in [0.717, 1.165) is 25.6 Å². The van der Waals surface area contributed by atoms with Gasteiger partial charge in [0.15, 0.2) is 0 Å². The van der Waals surface area contributed by atoms with E-state index in [9.17, 15) is 0 Å². The Labute approximate surface area is 95.7 Å². The lowest BCUT2D eigenvalue weighted by atomic mass is 10.2. The number of thioether (sulfide) groups is 1. The van der Waals surface area contributed by atoms with E-state index in [1.54, 1.807) is 23.1 Å². The number of hydrogen-bond donors (Lipinski definition) is 1. The molecule has 0 fully saturated rings. The lowest BCUT2D eigenvalue weighted by Crippen LogP contribution is -1.80. The first-order valence-corrected chi connectivity index (χ1v) is 6.59. The van der Waals surface area contributed by atoms with Gasteiger partial charge in [-0.1, -0.05) is 11.6 Å². The molecule has 0 saturated heterocycles. The van der Waals surface area contributed by atoms with E-state index in [-0.39, 0.29) is 6.61 Å². The topological polar surface area (TPSA) is 20.2 Å². The van der Waals surface area contributed by atoms with Crippen molar-refractivity contribution in [1.82, 2.24) is 0 Å². The van der Waals surface area contributed by atoms with Crippen molar-refractivity contribution in [2.24, 2.45) is 0 Å². The maximum absolute atomic E-state index is 9.12. The predicted octanol–water partition coefficient (Wildman–Crippen LogP) is 3.77. The SMILES string of the molecule is CSc1cc(Cl)c2c(CO)csc2c1. The van der Waals surface area contributed by atoms with Crippen molar-refractivity contribution in [3.8, 4) is 0 Å². The third kappa shape index (κ3) is 1.65. The Hall–Kier alpha value is -0.220. The van der Waals surface area contributed by atoms with E-state index in [0.29, 0.717) is 0 Å². The van der Waals surface area contributed by atoms with Crippen LogP contribution in [-0.4, -0.2) is 11.4 Å². The van der Waals surface area contributed by atoms with Crippen LogP contribution in [-0.2, 0) is 6.61 Å². The highest BCUT2D eigenvalue weighted by molar-refractivity contribution is 7.98. The van der Waals surface area contributed by atoms with Gasteiger partial charge in [0.1, 0.15) is 0 Å². The molecule has 1 aromatic carbocycles. The van der Waals surface area contributed by atoms with Gasteiger partial charge in [0.25, 0.3) is 0 Å². The molecule has 0 spiro atoms. The Bertz CT molecular complexity index is 464. The molecule has 1 N–H and O–H groups in total. The maximum Gasteiger partial charge on any atom is 0.0696 e. The molecular formula is C10H9ClOS2. The Morgan fingerprint density at radius 2 is 2.29 bits per heavy atom. The first-order chi connectivity index (χ1) is 6.76. The molecular weight excluding hydrogens is 236 g/mol. The average Bonchev–Trinajstić information content (AvgIpc) is 2.61. The Kier molecular flexibility index (Phi) is 3.02. The second kappa shape index (κ2) is 4.11. The van der Waals surface area contributed by atoms with Gasteiger partial charge in [0, 0.05) is 15.0 Å². The quantitative estimate of drug-likeness (QED) is 0.812. The number of rotatable bonds is 2. The first-order valence-electron chi connectivity index (χ1n) is 4.10. The molecule has 0 atom stereocenters. The molecule has 0 aliphatic heterocycles. The van der Waals surface area contributed by atoms with Crippen LogP contribution in [0.25, 0.3) is 10.1 Å². The van der Waals surface area contributed by atoms with Crippen LogP contribution in [0.2, 0.25) is 5.02 Å². The van der Waals surface area contributed by atoms with Crippen molar-refractivity contribution >= 4 is 44.8 Å². The molecule has 0 radical (unpaired) electrons. The fraction of sp³-hybridized carbons (Fsp3) is 0.200. The Morgan fingerprint density at radius 1 is 1.50 bits per heavy atom. The van der Waals surface area contributed by atoms with Crippen molar-refractivity contribution < 1.29 is 5.11 Å². The number of aliphatic hydroxyl groups excluding tert-OH is 1. The van der Waals surface area contributed by atoms with Gasteiger partial charge in [-0.2, -0.15) is 0 Å². The van der Waals surface area contributed by atoms with Crippen molar-refractivity contribution in [1.29, 1.82) is 0 Å². The molecule has 1 aromatic heterocycles. The summed E-state index contributed by atoms with van der Waals surface area (Å²) in [4.78, 5) is 1.16. The zero-order chi connectivity index (χ0) is 10.1. The lowest BCUT2D eigenvalue weighted by molar-refractivity contribution is 0.284. The van der Waals surface area contributed by atoms with Crippen LogP contribution in [0.15, 0.2) is 22.4 Å². The summed E-state index contributed by atoms with van der Waals surface area (Å²) in [6, 6.07) is 4.05. The molecule has 0 amide bonds. The molecule has 0 aliphatic rings. The standard InChI is InChI=1S/C10H9ClOS2/c1-13-7-2-8(11)10-6(4-12)5-14-9(10)3-7/h2-3,5,12H,4H2,1H3. The number of halogens is 1. The Balaban J connectivity index is 2.72. The fourth-order valence-electron chi connectivity index (χ4n) is 1.39. The van der Waals surface area contributed by atoms with E-state index in [4.69, 9.17) is 16.7 Å². The monoisotopic (exact) mass is 244 g/mol. The van der Waals surface area contributed by atoms with Crippen LogP contribution in [0.1, 0.15) is 5.56 Å². The zero-order valence-electron chi connectivity index (χ0n) is 7.58. The van der Waals surface area contributed by atoms with E-state index >= 15 is 0 Å². The first kappa shape index (κ1) is 10.3. The largest absolute Gasteiger partial charge is 0.392 e. The molecule has 14 heavy (non-hydrogen) atoms. The van der Waals surface area contributed by atoms with Crippen LogP contribution >= 0.6 is 34.7 Å². The number of fused-ring (bicyclic) bond motifs is 1. The van der Waals surface area contributed by atoms with Gasteiger partial charge in [0.2, 0.25) is 0 Å². The zero-order valence-corrected chi connectivity index (χ0v) is 9.97. The molecule has 2 aromatic rings. The second-order valence-electron chi connectivity index (χ2n) is 2.90. The summed E-state index contributed by atoms with van der Waals surface area (Å²) in [5.41, 5.74) is 0.919. The van der Waals surface area contributed by atoms with Gasteiger partial charge in [0.05, 0.1) is 11.6 Å². The summed E-state index contributed by atoms with van der Waals surface area (Å²) in [6.45, 7) is 0.0539. The van der Waals surface area contributed by atoms with Crippen LogP contribution in [0, 0.1) is 0 Å². The second-order valence-corrected chi connectivity index (χ2v) is 5.10. The molecule has 1 nitrogen and oxygen atoms in total. The van der Waals surface area contributed by atoms with Crippen molar-refractivity contribution in [2.75, 3.05) is 6.26 Å². The molecule has 0 saturated carbocycles. The normalized spacial score (nSPS) is 11.1. The highest BCUT2D eigenvalue weighted by Gasteiger charge is 2.08. The van der Waals surface area contributed by atoms with Crippen LogP contribution < -0.4 is 0 Å². The number of benzene rings is 1. The minimum atomic E-state index is 0.0539. The van der Waals surface area contributed by atoms with Crippen LogP contribution in [0.5, 0.6) is 0 Å². The summed E-state index contributed by atoms with van der Waals surface area (Å²) in [5.74, 6) is 0. The van der Waals surface area contributed by atoms with E-state index in [1.807, 2.05) is 17.7 Å². The molecule has 1 heterocycles. The summed E-state index contributed by atoms with van der Waals surface area (Å²) in [5, 5.41) is 12.8.